The number of nitrogens with one attached hydrogen (secondary N) is 2. The Kier molecular flexibility index (Phi) is 9.90. The minimum absolute atomic E-state index is 0.0248. The van der Waals surface area contributed by atoms with E-state index < -0.39 is 13.7 Å². The van der Waals surface area contributed by atoms with Crippen molar-refractivity contribution in [2.45, 2.75) is 62.6 Å². The van der Waals surface area contributed by atoms with E-state index in [2.05, 4.69) is 52.8 Å². The summed E-state index contributed by atoms with van der Waals surface area (Å²) in [5, 5.41) is 24.6. The van der Waals surface area contributed by atoms with Gasteiger partial charge >= 0.3 is 0 Å². The standard InChI is InChI=1S/C44H48N6O5Si/c1-28-42(56(4,5)33-18-16-32(54-3)17-19-33)40(21-22-50-26-38(47-48-50)35(27-51)29-11-7-6-8-12-29)55-44(28)36-24-31(15-20-39(36)49(2)43(44)53)46-41(52)23-30-25-45-37-14-10-9-13-34(30)37/h6-20,24-26,28,35,40,42,45,51H,21-23,27H2,1-5H3,(H,46,52)/t28-,35?,40+,42-,44+/m0/s1. The first-order chi connectivity index (χ1) is 27.0. The van der Waals surface area contributed by atoms with E-state index in [0.717, 1.165) is 39.0 Å². The summed E-state index contributed by atoms with van der Waals surface area (Å²) in [4.78, 5) is 33.1. The third kappa shape index (κ3) is 6.41. The summed E-state index contributed by atoms with van der Waals surface area (Å²) in [6.07, 6.45) is 4.28. The highest BCUT2D eigenvalue weighted by Crippen LogP contribution is 2.60. The first-order valence-corrected chi connectivity index (χ1v) is 22.3. The van der Waals surface area contributed by atoms with Crippen LogP contribution < -0.4 is 20.1 Å². The lowest BCUT2D eigenvalue weighted by atomic mass is 9.82. The summed E-state index contributed by atoms with van der Waals surface area (Å²) < 4.78 is 14.6. The Morgan fingerprint density at radius 1 is 1.05 bits per heavy atom. The molecule has 1 fully saturated rings. The molecule has 56 heavy (non-hydrogen) atoms. The van der Waals surface area contributed by atoms with E-state index in [9.17, 15) is 14.7 Å². The molecule has 5 atom stereocenters. The number of aliphatic hydroxyl groups excluding tert-OH is 1. The number of para-hydroxylation sites is 1. The molecule has 4 heterocycles. The Morgan fingerprint density at radius 2 is 1.80 bits per heavy atom. The highest BCUT2D eigenvalue weighted by atomic mass is 28.3. The number of hydrogen-bond donors (Lipinski definition) is 3. The second-order valence-electron chi connectivity index (χ2n) is 15.7. The molecule has 0 saturated carbocycles. The number of aliphatic hydroxyl groups is 1. The molecule has 0 radical (unpaired) electrons. The van der Waals surface area contributed by atoms with E-state index in [0.29, 0.717) is 24.3 Å². The van der Waals surface area contributed by atoms with Crippen molar-refractivity contribution in [3.63, 3.8) is 0 Å². The number of hydrogen-bond acceptors (Lipinski definition) is 7. The largest absolute Gasteiger partial charge is 0.497 e. The zero-order valence-electron chi connectivity index (χ0n) is 32.4. The fourth-order valence-corrected chi connectivity index (χ4v) is 13.4. The smallest absolute Gasteiger partial charge is 0.264 e. The molecular formula is C44H48N6O5Si. The molecule has 1 saturated heterocycles. The molecule has 1 spiro atoms. The van der Waals surface area contributed by atoms with E-state index >= 15 is 0 Å². The number of methoxy groups -OCH3 is 1. The molecule has 288 valence electrons. The van der Waals surface area contributed by atoms with Crippen molar-refractivity contribution in [1.82, 2.24) is 20.0 Å². The van der Waals surface area contributed by atoms with Crippen LogP contribution in [0.25, 0.3) is 10.9 Å². The number of ether oxygens (including phenoxy) is 2. The van der Waals surface area contributed by atoms with Crippen LogP contribution in [-0.2, 0) is 32.9 Å². The highest BCUT2D eigenvalue weighted by Gasteiger charge is 2.65. The Bertz CT molecular complexity index is 2380. The number of nitrogens with zero attached hydrogens (tertiary/aromatic N) is 4. The van der Waals surface area contributed by atoms with Gasteiger partial charge in [-0.25, -0.2) is 0 Å². The van der Waals surface area contributed by atoms with Gasteiger partial charge < -0.3 is 29.8 Å². The Morgan fingerprint density at radius 3 is 2.55 bits per heavy atom. The number of aromatic nitrogens is 4. The summed E-state index contributed by atoms with van der Waals surface area (Å²) in [5.74, 6) is 0.0550. The number of carbonyl (C=O) groups excluding carboxylic acids is 2. The number of fused-ring (bicyclic) bond motifs is 3. The summed E-state index contributed by atoms with van der Waals surface area (Å²) in [6.45, 7) is 7.30. The number of aryl methyl sites for hydroxylation is 1. The van der Waals surface area contributed by atoms with Gasteiger partial charge in [0.2, 0.25) is 5.91 Å². The number of H-pyrrole nitrogens is 1. The number of aromatic amines is 1. The van der Waals surface area contributed by atoms with Crippen molar-refractivity contribution in [1.29, 1.82) is 0 Å². The second kappa shape index (κ2) is 14.8. The van der Waals surface area contributed by atoms with Gasteiger partial charge in [-0.15, -0.1) is 5.10 Å². The van der Waals surface area contributed by atoms with Crippen molar-refractivity contribution in [2.24, 2.45) is 5.92 Å². The summed E-state index contributed by atoms with van der Waals surface area (Å²) in [5.41, 5.74) is 4.50. The number of amides is 2. The van der Waals surface area contributed by atoms with Crippen LogP contribution in [0.15, 0.2) is 109 Å². The minimum Gasteiger partial charge on any atom is -0.497 e. The van der Waals surface area contributed by atoms with Gasteiger partial charge in [0.1, 0.15) is 5.75 Å². The molecule has 6 aromatic rings. The molecule has 8 rings (SSSR count). The first-order valence-electron chi connectivity index (χ1n) is 19.2. The van der Waals surface area contributed by atoms with Gasteiger partial charge in [-0.1, -0.05) is 91.1 Å². The van der Waals surface area contributed by atoms with Crippen LogP contribution in [0, 0.1) is 5.92 Å². The predicted octanol–water partition coefficient (Wildman–Crippen LogP) is 6.36. The van der Waals surface area contributed by atoms with Crippen LogP contribution in [0.3, 0.4) is 0 Å². The molecule has 4 aromatic carbocycles. The predicted molar refractivity (Wildman–Crippen MR) is 220 cm³/mol. The number of benzene rings is 4. The minimum atomic E-state index is -2.38. The quantitative estimate of drug-likeness (QED) is 0.124. The second-order valence-corrected chi connectivity index (χ2v) is 20.4. The third-order valence-corrected chi connectivity index (χ3v) is 16.6. The van der Waals surface area contributed by atoms with E-state index in [4.69, 9.17) is 9.47 Å². The van der Waals surface area contributed by atoms with Crippen LogP contribution in [0.5, 0.6) is 5.75 Å². The lowest BCUT2D eigenvalue weighted by Gasteiger charge is -2.37. The topological polar surface area (TPSA) is 135 Å². The van der Waals surface area contributed by atoms with Crippen LogP contribution in [0.2, 0.25) is 18.6 Å². The average molecular weight is 769 g/mol. The zero-order valence-corrected chi connectivity index (χ0v) is 33.4. The summed E-state index contributed by atoms with van der Waals surface area (Å²) in [6, 6.07) is 31.8. The van der Waals surface area contributed by atoms with Gasteiger partial charge in [0.25, 0.3) is 5.91 Å². The van der Waals surface area contributed by atoms with Crippen molar-refractivity contribution in [2.75, 3.05) is 31.0 Å². The van der Waals surface area contributed by atoms with Gasteiger partial charge in [-0.3, -0.25) is 14.3 Å². The molecule has 0 aliphatic carbocycles. The van der Waals surface area contributed by atoms with Crippen molar-refractivity contribution < 1.29 is 24.2 Å². The molecule has 2 aliphatic rings. The van der Waals surface area contributed by atoms with Gasteiger partial charge in [0.05, 0.1) is 51.6 Å². The third-order valence-electron chi connectivity index (χ3n) is 12.2. The molecule has 2 amide bonds. The van der Waals surface area contributed by atoms with Crippen LogP contribution in [-0.4, -0.2) is 71.8 Å². The molecule has 2 aliphatic heterocycles. The van der Waals surface area contributed by atoms with E-state index in [1.54, 1.807) is 19.1 Å². The van der Waals surface area contributed by atoms with Crippen molar-refractivity contribution in [3.05, 3.63) is 132 Å². The molecule has 1 unspecified atom stereocenters. The number of likely N-dealkylation sites (N-methyl/N-ethyl adjacent to an activating group) is 1. The zero-order chi connectivity index (χ0) is 39.2. The average Bonchev–Trinajstić information content (AvgIpc) is 3.97. The lowest BCUT2D eigenvalue weighted by Crippen LogP contribution is -2.51. The molecule has 3 N–H and O–H groups in total. The van der Waals surface area contributed by atoms with Crippen LogP contribution >= 0.6 is 0 Å². The molecular weight excluding hydrogens is 721 g/mol. The fraction of sp³-hybridized carbons (Fsp3) is 0.318. The summed E-state index contributed by atoms with van der Waals surface area (Å²) in [7, 11) is 1.09. The maximum Gasteiger partial charge on any atom is 0.264 e. The number of anilines is 2. The molecule has 2 aromatic heterocycles. The van der Waals surface area contributed by atoms with Gasteiger partial charge in [0.15, 0.2) is 5.60 Å². The number of rotatable bonds is 12. The Hall–Kier alpha value is -5.56. The monoisotopic (exact) mass is 768 g/mol. The maximum absolute atomic E-state index is 14.7. The van der Waals surface area contributed by atoms with Crippen LogP contribution in [0.4, 0.5) is 11.4 Å². The van der Waals surface area contributed by atoms with Gasteiger partial charge in [0, 0.05) is 54.1 Å². The highest BCUT2D eigenvalue weighted by molar-refractivity contribution is 6.91. The Balaban J connectivity index is 1.11. The maximum atomic E-state index is 14.7. The molecule has 0 bridgehead atoms. The fourth-order valence-electron chi connectivity index (χ4n) is 9.32. The van der Waals surface area contributed by atoms with E-state index in [-0.39, 0.29) is 48.3 Å². The van der Waals surface area contributed by atoms with Crippen LogP contribution in [0.1, 0.15) is 41.6 Å². The normalized spacial score (nSPS) is 21.1. The lowest BCUT2D eigenvalue weighted by molar-refractivity contribution is -0.145. The van der Waals surface area contributed by atoms with E-state index in [1.165, 1.54) is 5.19 Å². The Labute approximate surface area is 327 Å². The van der Waals surface area contributed by atoms with Crippen molar-refractivity contribution >= 4 is 47.4 Å². The number of carbonyl (C=O) groups is 2. The van der Waals surface area contributed by atoms with Crippen molar-refractivity contribution in [3.8, 4) is 5.75 Å². The molecule has 12 heteroatoms. The summed E-state index contributed by atoms with van der Waals surface area (Å²) >= 11 is 0. The van der Waals surface area contributed by atoms with E-state index in [1.807, 2.05) is 102 Å². The van der Waals surface area contributed by atoms with Gasteiger partial charge in [-0.2, -0.15) is 0 Å². The van der Waals surface area contributed by atoms with Gasteiger partial charge in [-0.05, 0) is 59.5 Å². The first kappa shape index (κ1) is 37.4. The molecule has 11 nitrogen and oxygen atoms in total. The SMILES string of the molecule is COc1ccc([Si](C)(C)[C@@H]2[C@@H](CCn3cc(C(CO)c4ccccc4)nn3)O[C@]3(C(=O)N(C)c4ccc(NC(=O)Cc5c[nH]c6ccccc56)cc43)[C@H]2C)cc1.